The maximum Gasteiger partial charge on any atom is 0.221 e. The van der Waals surface area contributed by atoms with E-state index in [1.807, 2.05) is 43.3 Å². The van der Waals surface area contributed by atoms with E-state index < -0.39 is 6.10 Å². The highest BCUT2D eigenvalue weighted by molar-refractivity contribution is 6.30. The van der Waals surface area contributed by atoms with Gasteiger partial charge in [-0.05, 0) is 55.3 Å². The average Bonchev–Trinajstić information content (AvgIpc) is 3.09. The van der Waals surface area contributed by atoms with Crippen LogP contribution in [-0.2, 0) is 4.79 Å². The van der Waals surface area contributed by atoms with Gasteiger partial charge in [-0.15, -0.1) is 0 Å². The number of hydrogen-bond acceptors (Lipinski definition) is 5. The van der Waals surface area contributed by atoms with Crippen LogP contribution in [0.3, 0.4) is 0 Å². The molecule has 2 unspecified atom stereocenters. The van der Waals surface area contributed by atoms with Gasteiger partial charge < -0.3 is 19.9 Å². The van der Waals surface area contributed by atoms with Crippen molar-refractivity contribution in [2.24, 2.45) is 0 Å². The predicted molar refractivity (Wildman–Crippen MR) is 114 cm³/mol. The molecule has 0 bridgehead atoms. The van der Waals surface area contributed by atoms with Crippen molar-refractivity contribution in [3.05, 3.63) is 53.1 Å². The number of aliphatic hydroxyl groups is 1. The second-order valence-corrected chi connectivity index (χ2v) is 7.82. The highest BCUT2D eigenvalue weighted by Crippen LogP contribution is 2.26. The van der Waals surface area contributed by atoms with E-state index in [0.717, 1.165) is 30.8 Å². The first-order valence-corrected chi connectivity index (χ1v) is 10.1. The summed E-state index contributed by atoms with van der Waals surface area (Å²) in [5.41, 5.74) is 1.63. The minimum absolute atomic E-state index is 0.0905. The van der Waals surface area contributed by atoms with Crippen molar-refractivity contribution in [3.63, 3.8) is 0 Å². The van der Waals surface area contributed by atoms with Gasteiger partial charge in [0.1, 0.15) is 30.3 Å². The summed E-state index contributed by atoms with van der Waals surface area (Å²) in [5, 5.41) is 13.8. The Morgan fingerprint density at radius 2 is 2.07 bits per heavy atom. The van der Waals surface area contributed by atoms with Crippen LogP contribution in [0.1, 0.15) is 18.9 Å². The van der Waals surface area contributed by atoms with Gasteiger partial charge in [0.15, 0.2) is 0 Å². The Morgan fingerprint density at radius 1 is 1.31 bits per heavy atom. The molecular weight excluding hydrogens is 392 g/mol. The number of aryl methyl sites for hydroxylation is 1. The van der Waals surface area contributed by atoms with E-state index in [-0.39, 0.29) is 18.6 Å². The number of ether oxygens (including phenoxy) is 2. The summed E-state index contributed by atoms with van der Waals surface area (Å²) in [6.07, 6.45) is 0.351. The van der Waals surface area contributed by atoms with E-state index in [0.29, 0.717) is 23.0 Å². The zero-order valence-electron chi connectivity index (χ0n) is 16.7. The Morgan fingerprint density at radius 3 is 2.79 bits per heavy atom. The molecule has 0 saturated carbocycles. The molecule has 2 N–H and O–H groups in total. The molecule has 0 aromatic heterocycles. The van der Waals surface area contributed by atoms with Crippen molar-refractivity contribution in [3.8, 4) is 11.5 Å². The molecule has 29 heavy (non-hydrogen) atoms. The smallest absolute Gasteiger partial charge is 0.221 e. The fourth-order valence-electron chi connectivity index (χ4n) is 3.36. The second kappa shape index (κ2) is 9.96. The van der Waals surface area contributed by atoms with Crippen molar-refractivity contribution in [1.82, 2.24) is 4.90 Å². The molecule has 2 atom stereocenters. The summed E-state index contributed by atoms with van der Waals surface area (Å²) >= 11 is 5.90. The average molecular weight is 419 g/mol. The first-order chi connectivity index (χ1) is 13.9. The lowest BCUT2D eigenvalue weighted by molar-refractivity contribution is -0.114. The van der Waals surface area contributed by atoms with Gasteiger partial charge in [0.05, 0.1) is 5.69 Å². The number of β-amino-alcohol motifs (C(OH)–C–C–N with tert-alkyl or cyclic N) is 1. The number of hydrogen-bond donors (Lipinski definition) is 2. The Hall–Kier alpha value is -2.28. The van der Waals surface area contributed by atoms with Crippen molar-refractivity contribution in [1.29, 1.82) is 0 Å². The topological polar surface area (TPSA) is 71.0 Å². The Kier molecular flexibility index (Phi) is 7.36. The molecule has 1 fully saturated rings. The van der Waals surface area contributed by atoms with Crippen LogP contribution in [-0.4, -0.2) is 54.4 Å². The Balaban J connectivity index is 1.46. The molecule has 1 heterocycles. The molecule has 1 aliphatic rings. The van der Waals surface area contributed by atoms with Gasteiger partial charge in [-0.25, -0.2) is 0 Å². The number of carbonyl (C=O) groups excluding carboxylic acids is 1. The number of nitrogens with zero attached hydrogens (tertiary/aromatic N) is 1. The minimum atomic E-state index is -0.643. The predicted octanol–water partition coefficient (Wildman–Crippen LogP) is 3.50. The van der Waals surface area contributed by atoms with E-state index in [1.54, 1.807) is 6.07 Å². The molecule has 1 amide bonds. The summed E-state index contributed by atoms with van der Waals surface area (Å²) in [5.74, 6) is 1.19. The molecule has 1 aliphatic heterocycles. The summed E-state index contributed by atoms with van der Waals surface area (Å²) in [4.78, 5) is 13.5. The van der Waals surface area contributed by atoms with E-state index in [2.05, 4.69) is 10.2 Å². The third-order valence-electron chi connectivity index (χ3n) is 4.69. The maximum absolute atomic E-state index is 11.4. The lowest BCUT2D eigenvalue weighted by Gasteiger charge is -2.21. The van der Waals surface area contributed by atoms with E-state index in [4.69, 9.17) is 21.1 Å². The van der Waals surface area contributed by atoms with Gasteiger partial charge in [-0.2, -0.15) is 0 Å². The van der Waals surface area contributed by atoms with Gasteiger partial charge >= 0.3 is 0 Å². The molecule has 0 radical (unpaired) electrons. The lowest BCUT2D eigenvalue weighted by Crippen LogP contribution is -2.35. The number of carbonyl (C=O) groups is 1. The molecule has 7 heteroatoms. The van der Waals surface area contributed by atoms with Crippen LogP contribution in [0.2, 0.25) is 5.02 Å². The molecule has 1 saturated heterocycles. The Labute approximate surface area is 176 Å². The monoisotopic (exact) mass is 418 g/mol. The number of aliphatic hydroxyl groups excluding tert-OH is 1. The number of rotatable bonds is 8. The third kappa shape index (κ3) is 6.63. The van der Waals surface area contributed by atoms with Crippen LogP contribution >= 0.6 is 11.6 Å². The molecular formula is C22H27ClN2O4. The SMILES string of the molecule is CC(=O)Nc1cc(C)ccc1OCC(O)CN1CCC(Oc2ccc(Cl)cc2)C1. The molecule has 0 aliphatic carbocycles. The zero-order valence-corrected chi connectivity index (χ0v) is 17.5. The molecule has 3 rings (SSSR count). The highest BCUT2D eigenvalue weighted by Gasteiger charge is 2.25. The first kappa shape index (κ1) is 21.4. The van der Waals surface area contributed by atoms with Crippen LogP contribution in [0.5, 0.6) is 11.5 Å². The Bertz CT molecular complexity index is 828. The van der Waals surface area contributed by atoms with Crippen LogP contribution in [0.15, 0.2) is 42.5 Å². The summed E-state index contributed by atoms with van der Waals surface area (Å²) in [7, 11) is 0. The van der Waals surface area contributed by atoms with E-state index in [1.165, 1.54) is 6.92 Å². The van der Waals surface area contributed by atoms with Gasteiger partial charge in [0, 0.05) is 31.6 Å². The van der Waals surface area contributed by atoms with Crippen LogP contribution < -0.4 is 14.8 Å². The highest BCUT2D eigenvalue weighted by atomic mass is 35.5. The molecule has 2 aromatic rings. The van der Waals surface area contributed by atoms with Gasteiger partial charge in [0.2, 0.25) is 5.91 Å². The first-order valence-electron chi connectivity index (χ1n) is 9.73. The summed E-state index contributed by atoms with van der Waals surface area (Å²) in [6.45, 7) is 5.66. The number of amides is 1. The van der Waals surface area contributed by atoms with Crippen LogP contribution in [0, 0.1) is 6.92 Å². The second-order valence-electron chi connectivity index (χ2n) is 7.39. The van der Waals surface area contributed by atoms with E-state index >= 15 is 0 Å². The number of anilines is 1. The molecule has 156 valence electrons. The number of halogens is 1. The van der Waals surface area contributed by atoms with Crippen LogP contribution in [0.25, 0.3) is 0 Å². The number of likely N-dealkylation sites (tertiary alicyclic amines) is 1. The lowest BCUT2D eigenvalue weighted by atomic mass is 10.2. The fraction of sp³-hybridized carbons (Fsp3) is 0.409. The fourth-order valence-corrected chi connectivity index (χ4v) is 3.48. The number of nitrogens with one attached hydrogen (secondary N) is 1. The molecule has 2 aromatic carbocycles. The molecule has 0 spiro atoms. The summed E-state index contributed by atoms with van der Waals surface area (Å²) in [6, 6.07) is 12.9. The standard InChI is InChI=1S/C22H27ClN2O4/c1-15-3-8-22(21(11-15)24-16(2)26)28-14-18(27)12-25-10-9-20(13-25)29-19-6-4-17(23)5-7-19/h3-8,11,18,20,27H,9-10,12-14H2,1-2H3,(H,24,26). The summed E-state index contributed by atoms with van der Waals surface area (Å²) < 4.78 is 11.7. The van der Waals surface area contributed by atoms with Crippen molar-refractivity contribution in [2.75, 3.05) is 31.6 Å². The van der Waals surface area contributed by atoms with Gasteiger partial charge in [-0.3, -0.25) is 9.69 Å². The zero-order chi connectivity index (χ0) is 20.8. The van der Waals surface area contributed by atoms with E-state index in [9.17, 15) is 9.90 Å². The normalized spacial score (nSPS) is 17.7. The van der Waals surface area contributed by atoms with Crippen molar-refractivity contribution >= 4 is 23.2 Å². The quantitative estimate of drug-likeness (QED) is 0.686. The number of benzene rings is 2. The molecule has 6 nitrogen and oxygen atoms in total. The van der Waals surface area contributed by atoms with Gasteiger partial charge in [-0.1, -0.05) is 17.7 Å². The maximum atomic E-state index is 11.4. The largest absolute Gasteiger partial charge is 0.489 e. The van der Waals surface area contributed by atoms with Crippen molar-refractivity contribution in [2.45, 2.75) is 32.5 Å². The van der Waals surface area contributed by atoms with Crippen molar-refractivity contribution < 1.29 is 19.4 Å². The minimum Gasteiger partial charge on any atom is -0.489 e. The van der Waals surface area contributed by atoms with Crippen LogP contribution in [0.4, 0.5) is 5.69 Å². The van der Waals surface area contributed by atoms with Gasteiger partial charge in [0.25, 0.3) is 0 Å². The third-order valence-corrected chi connectivity index (χ3v) is 4.94.